The van der Waals surface area contributed by atoms with Crippen molar-refractivity contribution < 1.29 is 23.9 Å². The van der Waals surface area contributed by atoms with Crippen LogP contribution >= 0.6 is 22.6 Å². The van der Waals surface area contributed by atoms with Crippen molar-refractivity contribution in [3.05, 3.63) is 51.6 Å². The summed E-state index contributed by atoms with van der Waals surface area (Å²) in [5.41, 5.74) is 0.676. The number of hydrogen-bond acceptors (Lipinski definition) is 5. The zero-order chi connectivity index (χ0) is 17.7. The van der Waals surface area contributed by atoms with Gasteiger partial charge in [-0.15, -0.1) is 0 Å². The second-order valence-electron chi connectivity index (χ2n) is 4.81. The van der Waals surface area contributed by atoms with Gasteiger partial charge in [-0.25, -0.2) is 0 Å². The summed E-state index contributed by atoms with van der Waals surface area (Å²) in [5, 5.41) is 2.71. The van der Waals surface area contributed by atoms with Crippen LogP contribution < -0.4 is 14.8 Å². The average molecular weight is 439 g/mol. The molecule has 2 rings (SSSR count). The van der Waals surface area contributed by atoms with Crippen molar-refractivity contribution in [2.24, 2.45) is 0 Å². The maximum absolute atomic E-state index is 12.5. The van der Waals surface area contributed by atoms with Gasteiger partial charge in [-0.1, -0.05) is 0 Å². The standard InChI is InChI=1S/C17H14INO5/c1-10(20)23-14-7-8-16(24-11(2)21)15(9-14)17(22)19-13-5-3-12(18)4-6-13/h3-9H,1-2H3,(H,19,22). The first-order valence-corrected chi connectivity index (χ1v) is 8.01. The van der Waals surface area contributed by atoms with E-state index in [1.165, 1.54) is 32.0 Å². The summed E-state index contributed by atoms with van der Waals surface area (Å²) in [4.78, 5) is 34.8. The number of rotatable bonds is 4. The molecule has 0 unspecified atom stereocenters. The number of esters is 2. The lowest BCUT2D eigenvalue weighted by Crippen LogP contribution is -2.15. The predicted molar refractivity (Wildman–Crippen MR) is 96.2 cm³/mol. The average Bonchev–Trinajstić information content (AvgIpc) is 2.50. The lowest BCUT2D eigenvalue weighted by Gasteiger charge is -2.11. The number of nitrogens with one attached hydrogen (secondary N) is 1. The number of benzene rings is 2. The molecule has 0 radical (unpaired) electrons. The van der Waals surface area contributed by atoms with E-state index in [0.29, 0.717) is 5.69 Å². The molecule has 0 saturated carbocycles. The Hall–Kier alpha value is -2.42. The zero-order valence-corrected chi connectivity index (χ0v) is 15.1. The smallest absolute Gasteiger partial charge is 0.308 e. The summed E-state index contributed by atoms with van der Waals surface area (Å²) >= 11 is 2.16. The monoisotopic (exact) mass is 439 g/mol. The molecule has 2 aromatic carbocycles. The van der Waals surface area contributed by atoms with E-state index in [1.54, 1.807) is 12.1 Å². The minimum absolute atomic E-state index is 0.0846. The second kappa shape index (κ2) is 7.91. The van der Waals surface area contributed by atoms with Gasteiger partial charge in [-0.05, 0) is 65.1 Å². The van der Waals surface area contributed by atoms with E-state index >= 15 is 0 Å². The first-order valence-electron chi connectivity index (χ1n) is 6.93. The molecule has 24 heavy (non-hydrogen) atoms. The van der Waals surface area contributed by atoms with Crippen LogP contribution in [0.5, 0.6) is 11.5 Å². The Morgan fingerprint density at radius 2 is 1.54 bits per heavy atom. The number of carbonyl (C=O) groups excluding carboxylic acids is 3. The fraction of sp³-hybridized carbons (Fsp3) is 0.118. The topological polar surface area (TPSA) is 81.7 Å². The first-order chi connectivity index (χ1) is 11.3. The van der Waals surface area contributed by atoms with Crippen LogP contribution in [0.15, 0.2) is 42.5 Å². The molecule has 0 aliphatic rings. The first kappa shape index (κ1) is 17.9. The normalized spacial score (nSPS) is 9.96. The van der Waals surface area contributed by atoms with Crippen LogP contribution in [-0.2, 0) is 9.59 Å². The lowest BCUT2D eigenvalue weighted by molar-refractivity contribution is -0.133. The summed E-state index contributed by atoms with van der Waals surface area (Å²) in [7, 11) is 0. The molecule has 2 aromatic rings. The Morgan fingerprint density at radius 3 is 2.12 bits per heavy atom. The Labute approximate surface area is 152 Å². The minimum atomic E-state index is -0.557. The highest BCUT2D eigenvalue weighted by molar-refractivity contribution is 14.1. The molecule has 0 fully saturated rings. The minimum Gasteiger partial charge on any atom is -0.427 e. The number of halogens is 1. The number of ether oxygens (including phenoxy) is 2. The molecule has 0 aliphatic carbocycles. The predicted octanol–water partition coefficient (Wildman–Crippen LogP) is 3.39. The van der Waals surface area contributed by atoms with E-state index in [1.807, 2.05) is 12.1 Å². The van der Waals surface area contributed by atoms with Gasteiger partial charge in [0, 0.05) is 23.1 Å². The van der Waals surface area contributed by atoms with Gasteiger partial charge in [-0.3, -0.25) is 14.4 Å². The molecule has 124 valence electrons. The fourth-order valence-electron chi connectivity index (χ4n) is 1.89. The van der Waals surface area contributed by atoms with Crippen LogP contribution in [0.1, 0.15) is 24.2 Å². The highest BCUT2D eigenvalue weighted by atomic mass is 127. The van der Waals surface area contributed by atoms with E-state index in [2.05, 4.69) is 27.9 Å². The molecule has 0 saturated heterocycles. The van der Waals surface area contributed by atoms with E-state index in [0.717, 1.165) is 3.57 Å². The van der Waals surface area contributed by atoms with Gasteiger partial charge in [0.05, 0.1) is 5.56 Å². The van der Waals surface area contributed by atoms with Crippen molar-refractivity contribution in [2.75, 3.05) is 5.32 Å². The molecule has 6 nitrogen and oxygen atoms in total. The van der Waals surface area contributed by atoms with Gasteiger partial charge in [0.2, 0.25) is 0 Å². The highest BCUT2D eigenvalue weighted by Crippen LogP contribution is 2.26. The van der Waals surface area contributed by atoms with Crippen LogP contribution in [0.2, 0.25) is 0 Å². The molecule has 7 heteroatoms. The van der Waals surface area contributed by atoms with Crippen LogP contribution in [0.3, 0.4) is 0 Å². The summed E-state index contributed by atoms with van der Waals surface area (Å²) in [6.45, 7) is 2.49. The summed E-state index contributed by atoms with van der Waals surface area (Å²) in [6.07, 6.45) is 0. The fourth-order valence-corrected chi connectivity index (χ4v) is 2.25. The van der Waals surface area contributed by atoms with E-state index in [9.17, 15) is 14.4 Å². The van der Waals surface area contributed by atoms with E-state index < -0.39 is 17.8 Å². The van der Waals surface area contributed by atoms with Crippen molar-refractivity contribution in [3.8, 4) is 11.5 Å². The van der Waals surface area contributed by atoms with Crippen LogP contribution in [-0.4, -0.2) is 17.8 Å². The van der Waals surface area contributed by atoms with Gasteiger partial charge in [-0.2, -0.15) is 0 Å². The Bertz CT molecular complexity index is 786. The Kier molecular flexibility index (Phi) is 5.91. The largest absolute Gasteiger partial charge is 0.427 e. The molecule has 0 heterocycles. The maximum Gasteiger partial charge on any atom is 0.308 e. The third-order valence-electron chi connectivity index (χ3n) is 2.81. The summed E-state index contributed by atoms with van der Waals surface area (Å²) < 4.78 is 11.0. The maximum atomic E-state index is 12.5. The van der Waals surface area contributed by atoms with Crippen molar-refractivity contribution in [1.29, 1.82) is 0 Å². The summed E-state index contributed by atoms with van der Waals surface area (Å²) in [5.74, 6) is -1.29. The SMILES string of the molecule is CC(=O)Oc1ccc(OC(C)=O)c(C(=O)Nc2ccc(I)cc2)c1. The van der Waals surface area contributed by atoms with Crippen molar-refractivity contribution in [1.82, 2.24) is 0 Å². The number of anilines is 1. The zero-order valence-electron chi connectivity index (χ0n) is 13.0. The van der Waals surface area contributed by atoms with Crippen LogP contribution in [0.25, 0.3) is 0 Å². The van der Waals surface area contributed by atoms with E-state index in [4.69, 9.17) is 9.47 Å². The van der Waals surface area contributed by atoms with Crippen LogP contribution in [0.4, 0.5) is 5.69 Å². The van der Waals surface area contributed by atoms with Gasteiger partial charge < -0.3 is 14.8 Å². The lowest BCUT2D eigenvalue weighted by atomic mass is 10.1. The van der Waals surface area contributed by atoms with Crippen molar-refractivity contribution in [3.63, 3.8) is 0 Å². The second-order valence-corrected chi connectivity index (χ2v) is 6.05. The Morgan fingerprint density at radius 1 is 0.917 bits per heavy atom. The van der Waals surface area contributed by atoms with E-state index in [-0.39, 0.29) is 17.1 Å². The van der Waals surface area contributed by atoms with Gasteiger partial charge in [0.15, 0.2) is 0 Å². The van der Waals surface area contributed by atoms with Gasteiger partial charge in [0.25, 0.3) is 5.91 Å². The van der Waals surface area contributed by atoms with Crippen LogP contribution in [0, 0.1) is 3.57 Å². The van der Waals surface area contributed by atoms with Crippen molar-refractivity contribution >= 4 is 46.1 Å². The molecular weight excluding hydrogens is 425 g/mol. The quantitative estimate of drug-likeness (QED) is 0.449. The third kappa shape index (κ3) is 5.05. The molecule has 0 spiro atoms. The molecule has 1 N–H and O–H groups in total. The number of amides is 1. The van der Waals surface area contributed by atoms with Crippen molar-refractivity contribution in [2.45, 2.75) is 13.8 Å². The molecule has 0 bridgehead atoms. The highest BCUT2D eigenvalue weighted by Gasteiger charge is 2.16. The Balaban J connectivity index is 2.32. The molecule has 0 aromatic heterocycles. The molecule has 1 amide bonds. The molecule has 0 aliphatic heterocycles. The van der Waals surface area contributed by atoms with Gasteiger partial charge >= 0.3 is 11.9 Å². The molecule has 0 atom stereocenters. The molecular formula is C17H14INO5. The number of hydrogen-bond donors (Lipinski definition) is 1. The van der Waals surface area contributed by atoms with Gasteiger partial charge in [0.1, 0.15) is 11.5 Å². The number of carbonyl (C=O) groups is 3. The third-order valence-corrected chi connectivity index (χ3v) is 3.53. The summed E-state index contributed by atoms with van der Waals surface area (Å²) in [6, 6.07) is 11.4.